The summed E-state index contributed by atoms with van der Waals surface area (Å²) in [5, 5.41) is 3.32. The van der Waals surface area contributed by atoms with E-state index in [9.17, 15) is 0 Å². The summed E-state index contributed by atoms with van der Waals surface area (Å²) >= 11 is 3.39. The third kappa shape index (κ3) is 3.49. The monoisotopic (exact) mass is 294 g/mol. The van der Waals surface area contributed by atoms with E-state index in [0.717, 1.165) is 35.4 Å². The lowest BCUT2D eigenvalue weighted by atomic mass is 10.2. The highest BCUT2D eigenvalue weighted by Gasteiger charge is 1.98. The molecule has 1 aromatic heterocycles. The van der Waals surface area contributed by atoms with Crippen LogP contribution in [-0.2, 0) is 6.54 Å². The predicted molar refractivity (Wildman–Crippen MR) is 73.9 cm³/mol. The van der Waals surface area contributed by atoms with Crippen LogP contribution < -0.4 is 11.1 Å². The predicted octanol–water partition coefficient (Wildman–Crippen LogP) is 2.73. The van der Waals surface area contributed by atoms with Gasteiger partial charge in [0, 0.05) is 30.0 Å². The number of anilines is 2. The number of nitrogen functional groups attached to an aromatic ring is 1. The molecule has 2 aromatic rings. The van der Waals surface area contributed by atoms with Gasteiger partial charge in [0.05, 0.1) is 17.7 Å². The Morgan fingerprint density at radius 1 is 1.41 bits per heavy atom. The minimum absolute atomic E-state index is 0.766. The number of nitrogens with zero attached hydrogens (tertiary/aromatic N) is 2. The molecule has 17 heavy (non-hydrogen) atoms. The molecule has 0 bridgehead atoms. The molecule has 0 saturated carbocycles. The van der Waals surface area contributed by atoms with Crippen LogP contribution in [0.25, 0.3) is 0 Å². The molecular formula is C12H15BrN4. The van der Waals surface area contributed by atoms with Crippen LogP contribution in [0.2, 0.25) is 0 Å². The van der Waals surface area contributed by atoms with Crippen molar-refractivity contribution in [2.24, 2.45) is 0 Å². The van der Waals surface area contributed by atoms with Crippen LogP contribution in [-0.4, -0.2) is 16.1 Å². The van der Waals surface area contributed by atoms with Gasteiger partial charge < -0.3 is 15.6 Å². The van der Waals surface area contributed by atoms with Crippen molar-refractivity contribution < 1.29 is 0 Å². The molecule has 0 amide bonds. The molecule has 5 heteroatoms. The molecule has 0 spiro atoms. The van der Waals surface area contributed by atoms with E-state index in [1.807, 2.05) is 30.7 Å². The minimum Gasteiger partial charge on any atom is -0.397 e. The average molecular weight is 295 g/mol. The van der Waals surface area contributed by atoms with E-state index in [4.69, 9.17) is 5.73 Å². The van der Waals surface area contributed by atoms with Gasteiger partial charge in [0.2, 0.25) is 0 Å². The van der Waals surface area contributed by atoms with Gasteiger partial charge in [-0.2, -0.15) is 0 Å². The van der Waals surface area contributed by atoms with Crippen LogP contribution in [0.15, 0.2) is 41.4 Å². The fourth-order valence-electron chi connectivity index (χ4n) is 1.60. The van der Waals surface area contributed by atoms with Crippen LogP contribution in [0.4, 0.5) is 11.4 Å². The first-order chi connectivity index (χ1) is 8.25. The summed E-state index contributed by atoms with van der Waals surface area (Å²) in [4.78, 5) is 4.00. The van der Waals surface area contributed by atoms with Crippen LogP contribution in [0.3, 0.4) is 0 Å². The van der Waals surface area contributed by atoms with E-state index < -0.39 is 0 Å². The van der Waals surface area contributed by atoms with Crippen LogP contribution in [0.1, 0.15) is 6.42 Å². The van der Waals surface area contributed by atoms with E-state index in [1.165, 1.54) is 0 Å². The number of hydrogen-bond acceptors (Lipinski definition) is 3. The van der Waals surface area contributed by atoms with Crippen LogP contribution in [0.5, 0.6) is 0 Å². The quantitative estimate of drug-likeness (QED) is 0.658. The highest BCUT2D eigenvalue weighted by Crippen LogP contribution is 2.22. The zero-order valence-electron chi connectivity index (χ0n) is 9.44. The molecule has 0 unspecified atom stereocenters. The maximum atomic E-state index is 5.89. The topological polar surface area (TPSA) is 55.9 Å². The Morgan fingerprint density at radius 2 is 2.29 bits per heavy atom. The number of halogens is 1. The van der Waals surface area contributed by atoms with Gasteiger partial charge in [0.1, 0.15) is 0 Å². The first-order valence-electron chi connectivity index (χ1n) is 5.50. The Kier molecular flexibility index (Phi) is 4.03. The molecule has 0 fully saturated rings. The molecule has 1 heterocycles. The second-order valence-corrected chi connectivity index (χ2v) is 4.73. The molecular weight excluding hydrogens is 280 g/mol. The van der Waals surface area contributed by atoms with Gasteiger partial charge in [0.15, 0.2) is 0 Å². The van der Waals surface area contributed by atoms with Gasteiger partial charge in [0.25, 0.3) is 0 Å². The van der Waals surface area contributed by atoms with Crippen molar-refractivity contribution in [2.45, 2.75) is 13.0 Å². The second kappa shape index (κ2) is 5.72. The molecule has 1 aromatic carbocycles. The van der Waals surface area contributed by atoms with Gasteiger partial charge in [-0.3, -0.25) is 0 Å². The van der Waals surface area contributed by atoms with Crippen LogP contribution >= 0.6 is 15.9 Å². The van der Waals surface area contributed by atoms with Crippen molar-refractivity contribution in [1.82, 2.24) is 9.55 Å². The highest BCUT2D eigenvalue weighted by molar-refractivity contribution is 9.10. The first kappa shape index (κ1) is 12.0. The zero-order valence-corrected chi connectivity index (χ0v) is 11.0. The Morgan fingerprint density at radius 3 is 3.00 bits per heavy atom. The standard InChI is InChI=1S/C12H15BrN4/c13-10-2-3-12(11(14)8-10)16-4-1-6-17-7-5-15-9-17/h2-3,5,7-9,16H,1,4,6,14H2. The lowest BCUT2D eigenvalue weighted by Crippen LogP contribution is -2.07. The van der Waals surface area contributed by atoms with Crippen molar-refractivity contribution in [1.29, 1.82) is 0 Å². The highest BCUT2D eigenvalue weighted by atomic mass is 79.9. The summed E-state index contributed by atoms with van der Waals surface area (Å²) in [6, 6.07) is 5.86. The SMILES string of the molecule is Nc1cc(Br)ccc1NCCCn1ccnc1. The molecule has 0 aliphatic heterocycles. The van der Waals surface area contributed by atoms with Crippen molar-refractivity contribution >= 4 is 27.3 Å². The number of imidazole rings is 1. The molecule has 0 saturated heterocycles. The van der Waals surface area contributed by atoms with Crippen molar-refractivity contribution in [3.05, 3.63) is 41.4 Å². The van der Waals surface area contributed by atoms with E-state index in [1.54, 1.807) is 6.20 Å². The van der Waals surface area contributed by atoms with Gasteiger partial charge in [-0.1, -0.05) is 15.9 Å². The lowest BCUT2D eigenvalue weighted by molar-refractivity contribution is 0.661. The van der Waals surface area contributed by atoms with E-state index >= 15 is 0 Å². The van der Waals surface area contributed by atoms with Crippen LogP contribution in [0, 0.1) is 0 Å². The Hall–Kier alpha value is -1.49. The van der Waals surface area contributed by atoms with Crippen molar-refractivity contribution in [3.8, 4) is 0 Å². The average Bonchev–Trinajstić information content (AvgIpc) is 2.79. The number of benzene rings is 1. The Bertz CT molecular complexity index is 467. The summed E-state index contributed by atoms with van der Waals surface area (Å²) in [6.07, 6.45) is 6.62. The maximum Gasteiger partial charge on any atom is 0.0945 e. The normalized spacial score (nSPS) is 10.4. The number of nitrogens with one attached hydrogen (secondary N) is 1. The van der Waals surface area contributed by atoms with Gasteiger partial charge >= 0.3 is 0 Å². The molecule has 4 nitrogen and oxygen atoms in total. The maximum absolute atomic E-state index is 5.89. The summed E-state index contributed by atoms with van der Waals surface area (Å²) in [7, 11) is 0. The Labute approximate surface area is 109 Å². The summed E-state index contributed by atoms with van der Waals surface area (Å²) in [6.45, 7) is 1.85. The van der Waals surface area contributed by atoms with Gasteiger partial charge in [-0.05, 0) is 24.6 Å². The fourth-order valence-corrected chi connectivity index (χ4v) is 1.98. The molecule has 3 N–H and O–H groups in total. The summed E-state index contributed by atoms with van der Waals surface area (Å²) < 4.78 is 3.06. The Balaban J connectivity index is 1.78. The molecule has 0 radical (unpaired) electrons. The third-order valence-electron chi connectivity index (χ3n) is 2.48. The fraction of sp³-hybridized carbons (Fsp3) is 0.250. The molecule has 0 atom stereocenters. The van der Waals surface area contributed by atoms with Gasteiger partial charge in [-0.25, -0.2) is 4.98 Å². The second-order valence-electron chi connectivity index (χ2n) is 3.81. The summed E-state index contributed by atoms with van der Waals surface area (Å²) in [5.41, 5.74) is 7.64. The number of nitrogens with two attached hydrogens (primary N) is 1. The molecule has 90 valence electrons. The zero-order chi connectivity index (χ0) is 12.1. The van der Waals surface area contributed by atoms with E-state index in [-0.39, 0.29) is 0 Å². The molecule has 0 aliphatic carbocycles. The van der Waals surface area contributed by atoms with E-state index in [2.05, 4.69) is 30.8 Å². The van der Waals surface area contributed by atoms with Crippen molar-refractivity contribution in [2.75, 3.05) is 17.6 Å². The van der Waals surface area contributed by atoms with E-state index in [0.29, 0.717) is 0 Å². The van der Waals surface area contributed by atoms with Crippen molar-refractivity contribution in [3.63, 3.8) is 0 Å². The first-order valence-corrected chi connectivity index (χ1v) is 6.29. The number of aryl methyl sites for hydroxylation is 1. The minimum atomic E-state index is 0.766. The van der Waals surface area contributed by atoms with Gasteiger partial charge in [-0.15, -0.1) is 0 Å². The summed E-state index contributed by atoms with van der Waals surface area (Å²) in [5.74, 6) is 0. The smallest absolute Gasteiger partial charge is 0.0945 e. The third-order valence-corrected chi connectivity index (χ3v) is 2.97. The molecule has 2 rings (SSSR count). The lowest BCUT2D eigenvalue weighted by Gasteiger charge is -2.09. The largest absolute Gasteiger partial charge is 0.397 e. The number of hydrogen-bond donors (Lipinski definition) is 2. The number of rotatable bonds is 5. The molecule has 0 aliphatic rings. The number of aromatic nitrogens is 2.